The molecule has 0 aliphatic carbocycles. The molecule has 0 aliphatic heterocycles. The predicted molar refractivity (Wildman–Crippen MR) is 71.2 cm³/mol. The first-order chi connectivity index (χ1) is 9.01. The van der Waals surface area contributed by atoms with Gasteiger partial charge in [0.1, 0.15) is 5.82 Å². The number of hydrogen-bond donors (Lipinski definition) is 1. The minimum atomic E-state index is -0.506. The van der Waals surface area contributed by atoms with Crippen molar-refractivity contribution in [2.75, 3.05) is 0 Å². The molecule has 1 aromatic carbocycles. The third-order valence-electron chi connectivity index (χ3n) is 2.80. The van der Waals surface area contributed by atoms with Gasteiger partial charge in [0.05, 0.1) is 11.6 Å². The zero-order valence-corrected chi connectivity index (χ0v) is 11.0. The molecule has 2 aromatic rings. The minimum absolute atomic E-state index is 0.00527. The topological polar surface area (TPSA) is 54.9 Å². The smallest absolute Gasteiger partial charge is 0.296 e. The van der Waals surface area contributed by atoms with Gasteiger partial charge in [-0.05, 0) is 24.1 Å². The van der Waals surface area contributed by atoms with Crippen molar-refractivity contribution in [3.05, 3.63) is 67.2 Å². The Hall–Kier alpha value is -1.88. The first-order valence-electron chi connectivity index (χ1n) is 5.78. The summed E-state index contributed by atoms with van der Waals surface area (Å²) in [5.74, 6) is -0.506. The number of rotatable bonds is 3. The number of aromatic nitrogens is 2. The first-order valence-corrected chi connectivity index (χ1v) is 6.15. The second-order valence-corrected chi connectivity index (χ2v) is 4.55. The van der Waals surface area contributed by atoms with Crippen molar-refractivity contribution in [2.24, 2.45) is 0 Å². The maximum Gasteiger partial charge on any atom is 0.328 e. The molecule has 6 heteroatoms. The number of aromatic amines is 1. The van der Waals surface area contributed by atoms with Crippen LogP contribution in [-0.2, 0) is 13.0 Å². The van der Waals surface area contributed by atoms with E-state index in [1.807, 2.05) is 6.92 Å². The van der Waals surface area contributed by atoms with E-state index >= 15 is 0 Å². The summed E-state index contributed by atoms with van der Waals surface area (Å²) < 4.78 is 14.4. The van der Waals surface area contributed by atoms with Gasteiger partial charge in [-0.1, -0.05) is 24.6 Å². The van der Waals surface area contributed by atoms with E-state index in [4.69, 9.17) is 11.6 Å². The SMILES string of the molecule is CCc1cn(Cc2ccc(F)c(Cl)c2)c(=O)[nH]c1=O. The van der Waals surface area contributed by atoms with Gasteiger partial charge in [0.25, 0.3) is 5.56 Å². The zero-order valence-electron chi connectivity index (χ0n) is 10.2. The van der Waals surface area contributed by atoms with Crippen molar-refractivity contribution in [2.45, 2.75) is 19.9 Å². The van der Waals surface area contributed by atoms with E-state index < -0.39 is 11.5 Å². The van der Waals surface area contributed by atoms with Crippen LogP contribution in [0.4, 0.5) is 4.39 Å². The van der Waals surface area contributed by atoms with Crippen molar-refractivity contribution in [1.82, 2.24) is 9.55 Å². The summed E-state index contributed by atoms with van der Waals surface area (Å²) in [5.41, 5.74) is 0.332. The van der Waals surface area contributed by atoms with Crippen LogP contribution in [0.25, 0.3) is 0 Å². The Bertz CT molecular complexity index is 721. The highest BCUT2D eigenvalue weighted by Crippen LogP contribution is 2.16. The lowest BCUT2D eigenvalue weighted by Gasteiger charge is -2.07. The summed E-state index contributed by atoms with van der Waals surface area (Å²) in [6.45, 7) is 2.05. The van der Waals surface area contributed by atoms with Gasteiger partial charge in [0.2, 0.25) is 0 Å². The molecule has 100 valence electrons. The summed E-state index contributed by atoms with van der Waals surface area (Å²) in [7, 11) is 0. The molecule has 0 saturated carbocycles. The van der Waals surface area contributed by atoms with Crippen molar-refractivity contribution in [1.29, 1.82) is 0 Å². The number of H-pyrrole nitrogens is 1. The second-order valence-electron chi connectivity index (χ2n) is 4.14. The molecule has 0 amide bonds. The Morgan fingerprint density at radius 1 is 1.37 bits per heavy atom. The van der Waals surface area contributed by atoms with E-state index in [0.717, 1.165) is 0 Å². The quantitative estimate of drug-likeness (QED) is 0.935. The molecule has 1 aromatic heterocycles. The number of nitrogens with one attached hydrogen (secondary N) is 1. The molecule has 0 bridgehead atoms. The van der Waals surface area contributed by atoms with Crippen LogP contribution in [0.2, 0.25) is 5.02 Å². The maximum absolute atomic E-state index is 13.0. The highest BCUT2D eigenvalue weighted by molar-refractivity contribution is 6.30. The zero-order chi connectivity index (χ0) is 14.0. The van der Waals surface area contributed by atoms with Crippen LogP contribution >= 0.6 is 11.6 Å². The van der Waals surface area contributed by atoms with E-state index in [9.17, 15) is 14.0 Å². The minimum Gasteiger partial charge on any atom is -0.296 e. The summed E-state index contributed by atoms with van der Waals surface area (Å²) >= 11 is 5.68. The Morgan fingerprint density at radius 3 is 2.74 bits per heavy atom. The summed E-state index contributed by atoms with van der Waals surface area (Å²) in [6.07, 6.45) is 2.04. The van der Waals surface area contributed by atoms with Gasteiger partial charge < -0.3 is 0 Å². The Kier molecular flexibility index (Phi) is 3.85. The Balaban J connectivity index is 2.40. The van der Waals surface area contributed by atoms with Crippen LogP contribution in [0.1, 0.15) is 18.1 Å². The molecule has 0 saturated heterocycles. The lowest BCUT2D eigenvalue weighted by molar-refractivity contribution is 0.626. The molecule has 0 radical (unpaired) electrons. The number of benzene rings is 1. The molecule has 0 aliphatic rings. The van der Waals surface area contributed by atoms with Gasteiger partial charge >= 0.3 is 5.69 Å². The molecule has 0 fully saturated rings. The fourth-order valence-electron chi connectivity index (χ4n) is 1.76. The second kappa shape index (κ2) is 5.40. The van der Waals surface area contributed by atoms with Crippen LogP contribution in [0.3, 0.4) is 0 Å². The molecule has 4 nitrogen and oxygen atoms in total. The third-order valence-corrected chi connectivity index (χ3v) is 3.09. The third kappa shape index (κ3) is 2.93. The fourth-order valence-corrected chi connectivity index (χ4v) is 1.96. The molecular formula is C13H12ClFN2O2. The molecule has 0 atom stereocenters. The Labute approximate surface area is 113 Å². The van der Waals surface area contributed by atoms with E-state index in [1.165, 1.54) is 22.9 Å². The predicted octanol–water partition coefficient (Wildman–Crippen LogP) is 1.94. The van der Waals surface area contributed by atoms with Crippen LogP contribution < -0.4 is 11.2 Å². The molecular weight excluding hydrogens is 271 g/mol. The highest BCUT2D eigenvalue weighted by atomic mass is 35.5. The molecule has 2 rings (SSSR count). The van der Waals surface area contributed by atoms with Gasteiger partial charge in [0.15, 0.2) is 0 Å². The molecule has 0 spiro atoms. The Morgan fingerprint density at radius 2 is 2.11 bits per heavy atom. The van der Waals surface area contributed by atoms with Crippen molar-refractivity contribution >= 4 is 11.6 Å². The molecule has 0 unspecified atom stereocenters. The average molecular weight is 283 g/mol. The normalized spacial score (nSPS) is 10.7. The summed E-state index contributed by atoms with van der Waals surface area (Å²) in [6, 6.07) is 4.25. The largest absolute Gasteiger partial charge is 0.328 e. The lowest BCUT2D eigenvalue weighted by Crippen LogP contribution is -2.31. The summed E-state index contributed by atoms with van der Waals surface area (Å²) in [5, 5.41) is 0.00527. The molecule has 19 heavy (non-hydrogen) atoms. The van der Waals surface area contributed by atoms with Crippen LogP contribution in [-0.4, -0.2) is 9.55 Å². The van der Waals surface area contributed by atoms with Crippen molar-refractivity contribution in [3.8, 4) is 0 Å². The van der Waals surface area contributed by atoms with E-state index in [2.05, 4.69) is 4.98 Å². The monoisotopic (exact) mass is 282 g/mol. The van der Waals surface area contributed by atoms with Gasteiger partial charge in [-0.3, -0.25) is 14.3 Å². The number of halogens is 2. The number of nitrogens with zero attached hydrogens (tertiary/aromatic N) is 1. The molecule has 1 heterocycles. The van der Waals surface area contributed by atoms with E-state index in [0.29, 0.717) is 17.5 Å². The highest BCUT2D eigenvalue weighted by Gasteiger charge is 2.05. The van der Waals surface area contributed by atoms with E-state index in [1.54, 1.807) is 6.07 Å². The number of aryl methyl sites for hydroxylation is 1. The average Bonchev–Trinajstić information content (AvgIpc) is 2.37. The fraction of sp³-hybridized carbons (Fsp3) is 0.231. The van der Waals surface area contributed by atoms with Crippen LogP contribution in [0.15, 0.2) is 34.0 Å². The van der Waals surface area contributed by atoms with Crippen molar-refractivity contribution in [3.63, 3.8) is 0 Å². The first kappa shape index (κ1) is 13.5. The van der Waals surface area contributed by atoms with Gasteiger partial charge in [0, 0.05) is 11.8 Å². The van der Waals surface area contributed by atoms with Crippen molar-refractivity contribution < 1.29 is 4.39 Å². The van der Waals surface area contributed by atoms with Gasteiger partial charge in [-0.15, -0.1) is 0 Å². The summed E-state index contributed by atoms with van der Waals surface area (Å²) in [4.78, 5) is 25.3. The van der Waals surface area contributed by atoms with Gasteiger partial charge in [-0.2, -0.15) is 0 Å². The van der Waals surface area contributed by atoms with Crippen LogP contribution in [0.5, 0.6) is 0 Å². The van der Waals surface area contributed by atoms with E-state index in [-0.39, 0.29) is 17.1 Å². The molecule has 1 N–H and O–H groups in total. The number of hydrogen-bond acceptors (Lipinski definition) is 2. The van der Waals surface area contributed by atoms with Crippen LogP contribution in [0, 0.1) is 5.82 Å². The lowest BCUT2D eigenvalue weighted by atomic mass is 10.2. The van der Waals surface area contributed by atoms with Gasteiger partial charge in [-0.25, -0.2) is 9.18 Å². The standard InChI is InChI=1S/C13H12ClFN2O2/c1-2-9-7-17(13(19)16-12(9)18)6-8-3-4-11(15)10(14)5-8/h3-5,7H,2,6H2,1H3,(H,16,18,19). The maximum atomic E-state index is 13.0.